The van der Waals surface area contributed by atoms with Crippen LogP contribution in [0.25, 0.3) is 21.8 Å². The van der Waals surface area contributed by atoms with E-state index in [-0.39, 0.29) is 28.3 Å². The van der Waals surface area contributed by atoms with Gasteiger partial charge in [0, 0.05) is 22.4 Å². The molecule has 4 aromatic carbocycles. The van der Waals surface area contributed by atoms with Crippen molar-refractivity contribution in [3.63, 3.8) is 0 Å². The summed E-state index contributed by atoms with van der Waals surface area (Å²) in [5.74, 6) is 1.48. The van der Waals surface area contributed by atoms with Gasteiger partial charge in [-0.3, -0.25) is 4.58 Å². The molecule has 1 amide bonds. The van der Waals surface area contributed by atoms with Crippen LogP contribution in [0, 0.1) is 5.41 Å². The van der Waals surface area contributed by atoms with Crippen molar-refractivity contribution in [2.45, 2.75) is 92.9 Å². The number of hydrogen-bond donors (Lipinski definition) is 0. The Morgan fingerprint density at radius 3 is 1.47 bits per heavy atom. The SMILES string of the molecule is CC(C)c1cccc(C(C)C)c1N1[C-]=[N+](c2c(C(C)C)cccc2C(C)C)C(=O)C(C)(C)C1.[Au].c1ccc2c(c1)[n-]c1ccccc12. The van der Waals surface area contributed by atoms with Crippen LogP contribution in [0.4, 0.5) is 11.4 Å². The van der Waals surface area contributed by atoms with Crippen LogP contribution in [0.2, 0.25) is 0 Å². The Morgan fingerprint density at radius 2 is 1.04 bits per heavy atom. The Balaban J connectivity index is 0.000000294. The van der Waals surface area contributed by atoms with E-state index in [0.29, 0.717) is 30.2 Å². The molecule has 251 valence electrons. The van der Waals surface area contributed by atoms with Crippen molar-refractivity contribution >= 4 is 45.4 Å². The molecule has 5 aromatic rings. The van der Waals surface area contributed by atoms with Crippen LogP contribution in [0.5, 0.6) is 0 Å². The van der Waals surface area contributed by atoms with E-state index in [2.05, 4.69) is 158 Å². The fraction of sp³-hybridized carbons (Fsp3) is 0.381. The van der Waals surface area contributed by atoms with E-state index < -0.39 is 5.41 Å². The Kier molecular flexibility index (Phi) is 11.4. The van der Waals surface area contributed by atoms with E-state index in [9.17, 15) is 4.79 Å². The quantitative estimate of drug-likeness (QED) is 0.0974. The molecule has 6 rings (SSSR count). The standard InChI is InChI=1S/C30H42N2O.C12H8N.Au/c1-19(2)23-13-11-14-24(20(3)4)27(23)31-17-30(9,10)29(33)32(18-31)28-25(21(5)6)15-12-16-26(28)22(7)8;1-3-7-11-9(5-1)10-6-2-4-8-12(10)13-11;/h11-16,19-22H,17H2,1-10H3;1-8H;/q;-1;. The van der Waals surface area contributed by atoms with Gasteiger partial charge < -0.3 is 14.7 Å². The Hall–Kier alpha value is -3.44. The van der Waals surface area contributed by atoms with Gasteiger partial charge in [-0.2, -0.15) is 0 Å². The number of aromatic nitrogens is 1. The van der Waals surface area contributed by atoms with Crippen molar-refractivity contribution in [1.29, 1.82) is 0 Å². The average molecular weight is 810 g/mol. The molecule has 0 unspecified atom stereocenters. The second-order valence-electron chi connectivity index (χ2n) is 14.5. The first-order valence-electron chi connectivity index (χ1n) is 16.9. The average Bonchev–Trinajstić information content (AvgIpc) is 3.40. The number of carbonyl (C=O) groups excluding carboxylic acids is 1. The predicted octanol–water partition coefficient (Wildman–Crippen LogP) is 10.8. The number of hydrogen-bond acceptors (Lipinski definition) is 2. The zero-order valence-corrected chi connectivity index (χ0v) is 31.8. The molecular formula is C42H50AuN3O-. The molecule has 0 bridgehead atoms. The minimum Gasteiger partial charge on any atom is -0.657 e. The molecule has 0 N–H and O–H groups in total. The molecule has 0 fully saturated rings. The summed E-state index contributed by atoms with van der Waals surface area (Å²) in [6.07, 6.45) is 3.59. The number of carbonyl (C=O) groups is 1. The first-order chi connectivity index (χ1) is 21.8. The molecule has 5 heteroatoms. The molecule has 4 nitrogen and oxygen atoms in total. The van der Waals surface area contributed by atoms with E-state index in [4.69, 9.17) is 0 Å². The van der Waals surface area contributed by atoms with Crippen molar-refractivity contribution in [3.05, 3.63) is 107 Å². The number of rotatable bonds is 6. The molecule has 0 spiro atoms. The summed E-state index contributed by atoms with van der Waals surface area (Å²) >= 11 is 0. The van der Waals surface area contributed by atoms with E-state index in [0.717, 1.165) is 16.7 Å². The molecular weight excluding hydrogens is 759 g/mol. The van der Waals surface area contributed by atoms with Crippen molar-refractivity contribution < 1.29 is 31.8 Å². The van der Waals surface area contributed by atoms with E-state index >= 15 is 0 Å². The van der Waals surface area contributed by atoms with Gasteiger partial charge in [0.2, 0.25) is 12.2 Å². The maximum absolute atomic E-state index is 13.8. The first-order valence-corrected chi connectivity index (χ1v) is 16.9. The molecule has 0 saturated carbocycles. The minimum atomic E-state index is -0.540. The van der Waals surface area contributed by atoms with Gasteiger partial charge in [-0.05, 0) is 56.7 Å². The molecule has 47 heavy (non-hydrogen) atoms. The maximum Gasteiger partial charge on any atom is 0.247 e. The molecule has 1 aliphatic heterocycles. The maximum atomic E-state index is 13.8. The summed E-state index contributed by atoms with van der Waals surface area (Å²) in [6, 6.07) is 29.5. The van der Waals surface area contributed by atoms with Crippen LogP contribution in [0.3, 0.4) is 0 Å². The molecule has 0 aliphatic carbocycles. The fourth-order valence-electron chi connectivity index (χ4n) is 6.57. The summed E-state index contributed by atoms with van der Waals surface area (Å²) in [5.41, 5.74) is 8.86. The normalized spacial score (nSPS) is 14.6. The smallest absolute Gasteiger partial charge is 0.247 e. The van der Waals surface area contributed by atoms with Gasteiger partial charge in [0.1, 0.15) is 0 Å². The molecule has 0 saturated heterocycles. The summed E-state index contributed by atoms with van der Waals surface area (Å²) < 4.78 is 1.84. The minimum absolute atomic E-state index is 0. The van der Waals surface area contributed by atoms with Gasteiger partial charge in [0.25, 0.3) is 0 Å². The summed E-state index contributed by atoms with van der Waals surface area (Å²) in [5, 5.41) is 2.50. The molecule has 1 aliphatic rings. The first kappa shape index (κ1) is 36.4. The van der Waals surface area contributed by atoms with Crippen LogP contribution in [-0.2, 0) is 27.2 Å². The van der Waals surface area contributed by atoms with Gasteiger partial charge in [-0.15, -0.1) is 11.0 Å². The number of amides is 1. The third kappa shape index (κ3) is 7.36. The van der Waals surface area contributed by atoms with Crippen LogP contribution in [0.15, 0.2) is 84.9 Å². The summed E-state index contributed by atoms with van der Waals surface area (Å²) in [7, 11) is 0. The van der Waals surface area contributed by atoms with Gasteiger partial charge in [0.15, 0.2) is 0 Å². The molecule has 0 atom stereocenters. The van der Waals surface area contributed by atoms with Gasteiger partial charge in [0.05, 0.1) is 23.3 Å². The van der Waals surface area contributed by atoms with Crippen LogP contribution in [-0.4, -0.2) is 23.4 Å². The third-order valence-electron chi connectivity index (χ3n) is 9.07. The largest absolute Gasteiger partial charge is 0.657 e. The Bertz CT molecular complexity index is 1790. The van der Waals surface area contributed by atoms with Gasteiger partial charge >= 0.3 is 0 Å². The molecule has 1 aromatic heterocycles. The zero-order valence-electron chi connectivity index (χ0n) is 29.7. The number of para-hydroxylation sites is 4. The van der Waals surface area contributed by atoms with Crippen molar-refractivity contribution in [3.8, 4) is 0 Å². The third-order valence-corrected chi connectivity index (χ3v) is 9.07. The summed E-state index contributed by atoms with van der Waals surface area (Å²) in [4.78, 5) is 20.6. The number of benzene rings is 4. The van der Waals surface area contributed by atoms with Crippen molar-refractivity contribution in [2.75, 3.05) is 11.4 Å². The van der Waals surface area contributed by atoms with E-state index in [1.54, 1.807) is 0 Å². The fourth-order valence-corrected chi connectivity index (χ4v) is 6.57. The Morgan fingerprint density at radius 1 is 0.638 bits per heavy atom. The number of fused-ring (bicyclic) bond motifs is 3. The topological polar surface area (TPSA) is 37.4 Å². The predicted molar refractivity (Wildman–Crippen MR) is 195 cm³/mol. The van der Waals surface area contributed by atoms with Crippen molar-refractivity contribution in [2.24, 2.45) is 5.41 Å². The number of nitrogens with zero attached hydrogens (tertiary/aromatic N) is 3. The van der Waals surface area contributed by atoms with Crippen LogP contribution < -0.4 is 9.88 Å². The van der Waals surface area contributed by atoms with Crippen molar-refractivity contribution in [1.82, 2.24) is 4.98 Å². The summed E-state index contributed by atoms with van der Waals surface area (Å²) in [6.45, 7) is 22.5. The van der Waals surface area contributed by atoms with E-state index in [1.165, 1.54) is 38.7 Å². The van der Waals surface area contributed by atoms with E-state index in [1.807, 2.05) is 16.7 Å². The van der Waals surface area contributed by atoms with Crippen LogP contribution in [0.1, 0.15) is 115 Å². The monoisotopic (exact) mass is 809 g/mol. The zero-order chi connectivity index (χ0) is 33.3. The van der Waals surface area contributed by atoms with Gasteiger partial charge in [-0.1, -0.05) is 154 Å². The second kappa shape index (κ2) is 14.8. The molecule has 1 radical (unpaired) electrons. The number of anilines is 1. The second-order valence-corrected chi connectivity index (χ2v) is 14.5. The molecule has 2 heterocycles. The van der Waals surface area contributed by atoms with Crippen LogP contribution >= 0.6 is 0 Å². The Labute approximate surface area is 297 Å². The van der Waals surface area contributed by atoms with Gasteiger partial charge in [-0.25, -0.2) is 0 Å².